The number of Topliss-reactive ketones (excluding diaryl/α,β-unsaturated/α-hetero) is 1. The van der Waals surface area contributed by atoms with E-state index in [9.17, 15) is 18.0 Å². The third kappa shape index (κ3) is 4.66. The van der Waals surface area contributed by atoms with E-state index in [0.29, 0.717) is 22.7 Å². The predicted molar refractivity (Wildman–Crippen MR) is 91.6 cm³/mol. The summed E-state index contributed by atoms with van der Waals surface area (Å²) in [6, 6.07) is 9.50. The van der Waals surface area contributed by atoms with Crippen molar-refractivity contribution in [2.24, 2.45) is 0 Å². The average Bonchev–Trinajstić information content (AvgIpc) is 2.76. The van der Waals surface area contributed by atoms with Crippen molar-refractivity contribution in [3.05, 3.63) is 58.4 Å². The Labute approximate surface area is 144 Å². The molecule has 2 aromatic rings. The van der Waals surface area contributed by atoms with Gasteiger partial charge < -0.3 is 4.57 Å². The fourth-order valence-electron chi connectivity index (χ4n) is 2.61. The number of aromatic nitrogens is 1. The summed E-state index contributed by atoms with van der Waals surface area (Å²) in [6.45, 7) is 4.12. The van der Waals surface area contributed by atoms with Crippen molar-refractivity contribution >= 4 is 17.5 Å². The molecule has 1 heterocycles. The second-order valence-electron chi connectivity index (χ2n) is 5.83. The van der Waals surface area contributed by atoms with Gasteiger partial charge in [0.15, 0.2) is 5.78 Å². The minimum Gasteiger partial charge on any atom is -0.339 e. The van der Waals surface area contributed by atoms with Crippen LogP contribution in [0.1, 0.15) is 32.9 Å². The van der Waals surface area contributed by atoms with Crippen LogP contribution in [0, 0.1) is 20.8 Å². The number of hydrogen-bond donors (Lipinski definition) is 0. The van der Waals surface area contributed by atoms with E-state index >= 15 is 0 Å². The first kappa shape index (κ1) is 18.6. The van der Waals surface area contributed by atoms with E-state index in [1.54, 1.807) is 19.9 Å². The predicted octanol–water partition coefficient (Wildman–Crippen LogP) is 5.09. The number of carbonyl (C=O) groups excluding carboxylic acids is 1. The van der Waals surface area contributed by atoms with E-state index in [1.165, 1.54) is 17.3 Å². The molecular formula is C18H20F3NOS. The summed E-state index contributed by atoms with van der Waals surface area (Å²) < 4.78 is 39.0. The van der Waals surface area contributed by atoms with Crippen LogP contribution in [0.4, 0.5) is 13.2 Å². The first-order chi connectivity index (χ1) is 11.2. The SMILES string of the molecule is Cc1ccccc1CSCC(=O)c1cc(C)n(CC(F)(F)F)c1C. The number of benzene rings is 1. The third-order valence-electron chi connectivity index (χ3n) is 3.96. The second-order valence-corrected chi connectivity index (χ2v) is 6.81. The van der Waals surface area contributed by atoms with Crippen molar-refractivity contribution in [2.75, 3.05) is 5.75 Å². The van der Waals surface area contributed by atoms with E-state index in [1.807, 2.05) is 31.2 Å². The van der Waals surface area contributed by atoms with Gasteiger partial charge in [0, 0.05) is 22.7 Å². The van der Waals surface area contributed by atoms with Crippen LogP contribution in [0.15, 0.2) is 30.3 Å². The van der Waals surface area contributed by atoms with Crippen LogP contribution in [0.5, 0.6) is 0 Å². The molecule has 0 aliphatic rings. The molecule has 24 heavy (non-hydrogen) atoms. The van der Waals surface area contributed by atoms with Crippen LogP contribution in [0.25, 0.3) is 0 Å². The van der Waals surface area contributed by atoms with Gasteiger partial charge >= 0.3 is 6.18 Å². The molecule has 0 bridgehead atoms. The Kier molecular flexibility index (Phi) is 5.80. The van der Waals surface area contributed by atoms with E-state index in [0.717, 1.165) is 10.1 Å². The molecule has 0 atom stereocenters. The normalized spacial score (nSPS) is 11.8. The van der Waals surface area contributed by atoms with E-state index in [4.69, 9.17) is 0 Å². The van der Waals surface area contributed by atoms with Gasteiger partial charge in [0.05, 0.1) is 5.75 Å². The highest BCUT2D eigenvalue weighted by molar-refractivity contribution is 7.99. The summed E-state index contributed by atoms with van der Waals surface area (Å²) in [5.74, 6) is 0.833. The molecule has 0 spiro atoms. The minimum atomic E-state index is -4.30. The zero-order valence-corrected chi connectivity index (χ0v) is 14.7. The van der Waals surface area contributed by atoms with Crippen molar-refractivity contribution in [3.8, 4) is 0 Å². The van der Waals surface area contributed by atoms with Crippen molar-refractivity contribution < 1.29 is 18.0 Å². The third-order valence-corrected chi connectivity index (χ3v) is 4.94. The molecule has 0 unspecified atom stereocenters. The highest BCUT2D eigenvalue weighted by Crippen LogP contribution is 2.24. The van der Waals surface area contributed by atoms with Crippen molar-refractivity contribution in [2.45, 2.75) is 39.2 Å². The van der Waals surface area contributed by atoms with Gasteiger partial charge in [0.25, 0.3) is 0 Å². The Hall–Kier alpha value is -1.69. The smallest absolute Gasteiger partial charge is 0.339 e. The molecule has 1 aromatic heterocycles. The van der Waals surface area contributed by atoms with Crippen LogP contribution >= 0.6 is 11.8 Å². The molecule has 0 fully saturated rings. The standard InChI is InChI=1S/C18H20F3NOS/c1-12-6-4-5-7-15(12)9-24-10-17(23)16-8-13(2)22(14(16)3)11-18(19,20)21/h4-8H,9-11H2,1-3H3. The fraction of sp³-hybridized carbons (Fsp3) is 0.389. The Morgan fingerprint density at radius 3 is 2.46 bits per heavy atom. The number of thioether (sulfide) groups is 1. The van der Waals surface area contributed by atoms with Crippen LogP contribution in [0.3, 0.4) is 0 Å². The maximum Gasteiger partial charge on any atom is 0.406 e. The van der Waals surface area contributed by atoms with Crippen LogP contribution in [-0.2, 0) is 12.3 Å². The van der Waals surface area contributed by atoms with Crippen molar-refractivity contribution in [1.29, 1.82) is 0 Å². The monoisotopic (exact) mass is 355 g/mol. The Bertz CT molecular complexity index is 734. The lowest BCUT2D eigenvalue weighted by molar-refractivity contribution is -0.141. The molecule has 0 radical (unpaired) electrons. The lowest BCUT2D eigenvalue weighted by atomic mass is 10.1. The number of carbonyl (C=O) groups is 1. The molecule has 0 saturated heterocycles. The van der Waals surface area contributed by atoms with Crippen LogP contribution in [0.2, 0.25) is 0 Å². The van der Waals surface area contributed by atoms with Gasteiger partial charge in [0.2, 0.25) is 0 Å². The van der Waals surface area contributed by atoms with E-state index < -0.39 is 12.7 Å². The maximum absolute atomic E-state index is 12.6. The van der Waals surface area contributed by atoms with Crippen molar-refractivity contribution in [1.82, 2.24) is 4.57 Å². The Morgan fingerprint density at radius 1 is 1.17 bits per heavy atom. The molecule has 0 aliphatic heterocycles. The van der Waals surface area contributed by atoms with E-state index in [-0.39, 0.29) is 11.5 Å². The first-order valence-corrected chi connectivity index (χ1v) is 8.73. The lowest BCUT2D eigenvalue weighted by Crippen LogP contribution is -2.19. The highest BCUT2D eigenvalue weighted by atomic mass is 32.2. The van der Waals surface area contributed by atoms with Gasteiger partial charge in [-0.15, -0.1) is 11.8 Å². The topological polar surface area (TPSA) is 22.0 Å². The maximum atomic E-state index is 12.6. The number of halogens is 3. The number of hydrogen-bond acceptors (Lipinski definition) is 2. The summed E-state index contributed by atoms with van der Waals surface area (Å²) in [5, 5.41) is 0. The molecule has 0 saturated carbocycles. The van der Waals surface area contributed by atoms with Crippen LogP contribution < -0.4 is 0 Å². The average molecular weight is 355 g/mol. The number of aryl methyl sites for hydroxylation is 2. The van der Waals surface area contributed by atoms with Gasteiger partial charge in [-0.1, -0.05) is 24.3 Å². The minimum absolute atomic E-state index is 0.130. The fourth-order valence-corrected chi connectivity index (χ4v) is 3.60. The lowest BCUT2D eigenvalue weighted by Gasteiger charge is -2.12. The summed E-state index contributed by atoms with van der Waals surface area (Å²) in [5.41, 5.74) is 3.55. The summed E-state index contributed by atoms with van der Waals surface area (Å²) in [4.78, 5) is 12.4. The van der Waals surface area contributed by atoms with Gasteiger partial charge in [-0.2, -0.15) is 13.2 Å². The summed E-state index contributed by atoms with van der Waals surface area (Å²) >= 11 is 1.48. The largest absolute Gasteiger partial charge is 0.406 e. The molecule has 1 aromatic carbocycles. The molecule has 0 N–H and O–H groups in total. The van der Waals surface area contributed by atoms with Crippen molar-refractivity contribution in [3.63, 3.8) is 0 Å². The van der Waals surface area contributed by atoms with Gasteiger partial charge in [-0.3, -0.25) is 4.79 Å². The molecule has 6 heteroatoms. The number of nitrogens with zero attached hydrogens (tertiary/aromatic N) is 1. The first-order valence-electron chi connectivity index (χ1n) is 7.58. The second kappa shape index (κ2) is 7.47. The molecule has 2 rings (SSSR count). The quantitative estimate of drug-likeness (QED) is 0.673. The molecular weight excluding hydrogens is 335 g/mol. The zero-order chi connectivity index (χ0) is 17.9. The number of rotatable bonds is 6. The van der Waals surface area contributed by atoms with Gasteiger partial charge in [-0.25, -0.2) is 0 Å². The molecule has 130 valence electrons. The summed E-state index contributed by atoms with van der Waals surface area (Å²) in [6.07, 6.45) is -4.30. The zero-order valence-electron chi connectivity index (χ0n) is 13.9. The molecule has 2 nitrogen and oxygen atoms in total. The Morgan fingerprint density at radius 2 is 1.83 bits per heavy atom. The number of alkyl halides is 3. The van der Waals surface area contributed by atoms with Crippen LogP contribution in [-0.4, -0.2) is 22.3 Å². The molecule has 0 aliphatic carbocycles. The highest BCUT2D eigenvalue weighted by Gasteiger charge is 2.30. The van der Waals surface area contributed by atoms with Gasteiger partial charge in [-0.05, 0) is 38.0 Å². The summed E-state index contributed by atoms with van der Waals surface area (Å²) in [7, 11) is 0. The van der Waals surface area contributed by atoms with Gasteiger partial charge in [0.1, 0.15) is 6.54 Å². The molecule has 0 amide bonds. The van der Waals surface area contributed by atoms with E-state index in [2.05, 4.69) is 0 Å². The Balaban J connectivity index is 2.03. The number of ketones is 1.